The van der Waals surface area contributed by atoms with Gasteiger partial charge in [0.15, 0.2) is 0 Å². The fraction of sp³-hybridized carbons (Fsp3) is 0.769. The molecule has 0 saturated carbocycles. The van der Waals surface area contributed by atoms with Crippen LogP contribution in [0.2, 0.25) is 0 Å². The lowest BCUT2D eigenvalue weighted by molar-refractivity contribution is -0.140. The Kier molecular flexibility index (Phi) is 6.16. The van der Waals surface area contributed by atoms with Crippen molar-refractivity contribution in [3.8, 4) is 0 Å². The first kappa shape index (κ1) is 13.2. The number of esters is 1. The third-order valence-electron chi connectivity index (χ3n) is 3.05. The molecule has 0 heterocycles. The maximum absolute atomic E-state index is 10.8. The predicted molar refractivity (Wildman–Crippen MR) is 63.0 cm³/mol. The van der Waals surface area contributed by atoms with E-state index in [1.807, 2.05) is 6.08 Å². The van der Waals surface area contributed by atoms with Crippen LogP contribution in [0, 0.1) is 0 Å². The summed E-state index contributed by atoms with van der Waals surface area (Å²) in [4.78, 5) is 10.8. The maximum atomic E-state index is 10.8. The lowest BCUT2D eigenvalue weighted by Gasteiger charge is -2.02. The summed E-state index contributed by atoms with van der Waals surface area (Å²) < 4.78 is 4.57. The molecule has 0 amide bonds. The minimum absolute atomic E-state index is 0.110. The van der Waals surface area contributed by atoms with E-state index < -0.39 is 0 Å². The Labute approximate surface area is 97.5 Å². The molecule has 3 nitrogen and oxygen atoms in total. The smallest absolute Gasteiger partial charge is 0.305 e. The van der Waals surface area contributed by atoms with Gasteiger partial charge in [0.2, 0.25) is 0 Å². The fourth-order valence-electron chi connectivity index (χ4n) is 2.06. The number of carbonyl (C=O) groups is 1. The van der Waals surface area contributed by atoms with Gasteiger partial charge >= 0.3 is 5.97 Å². The number of methoxy groups -OCH3 is 1. The van der Waals surface area contributed by atoms with Gasteiger partial charge in [-0.25, -0.2) is 0 Å². The number of hydrogen-bond acceptors (Lipinski definition) is 3. The molecular weight excluding hydrogens is 204 g/mol. The lowest BCUT2D eigenvalue weighted by Crippen LogP contribution is -1.99. The zero-order valence-corrected chi connectivity index (χ0v) is 10.1. The fourth-order valence-corrected chi connectivity index (χ4v) is 2.06. The Morgan fingerprint density at radius 1 is 1.44 bits per heavy atom. The van der Waals surface area contributed by atoms with Crippen LogP contribution < -0.4 is 0 Å². The molecule has 0 spiro atoms. The number of rotatable bonds is 7. The van der Waals surface area contributed by atoms with Crippen LogP contribution in [0.3, 0.4) is 0 Å². The number of aliphatic hydroxyl groups excluding tert-OH is 1. The van der Waals surface area contributed by atoms with E-state index in [9.17, 15) is 9.90 Å². The summed E-state index contributed by atoms with van der Waals surface area (Å²) in [5.74, 6) is -0.110. The first-order chi connectivity index (χ1) is 7.72. The molecule has 1 N–H and O–H groups in total. The first-order valence-electron chi connectivity index (χ1n) is 6.17. The van der Waals surface area contributed by atoms with E-state index in [1.165, 1.54) is 19.1 Å². The summed E-state index contributed by atoms with van der Waals surface area (Å²) in [6, 6.07) is 0. The Morgan fingerprint density at radius 3 is 2.81 bits per heavy atom. The highest BCUT2D eigenvalue weighted by Gasteiger charge is 2.11. The minimum Gasteiger partial charge on any atom is -0.469 e. The van der Waals surface area contributed by atoms with Crippen molar-refractivity contribution in [1.29, 1.82) is 0 Å². The quantitative estimate of drug-likeness (QED) is 0.412. The molecule has 0 aromatic carbocycles. The summed E-state index contributed by atoms with van der Waals surface area (Å²) in [5, 5.41) is 9.30. The molecule has 0 bridgehead atoms. The summed E-state index contributed by atoms with van der Waals surface area (Å²) in [7, 11) is 1.43. The Morgan fingerprint density at radius 2 is 2.19 bits per heavy atom. The lowest BCUT2D eigenvalue weighted by atomic mass is 10.1. The van der Waals surface area contributed by atoms with Crippen LogP contribution >= 0.6 is 0 Å². The maximum Gasteiger partial charge on any atom is 0.305 e. The summed E-state index contributed by atoms with van der Waals surface area (Å²) in [6.07, 6.45) is 9.74. The molecular formula is C13H22O3. The molecule has 1 aliphatic carbocycles. The van der Waals surface area contributed by atoms with E-state index in [2.05, 4.69) is 4.74 Å². The van der Waals surface area contributed by atoms with Crippen LogP contribution in [0.1, 0.15) is 51.4 Å². The van der Waals surface area contributed by atoms with E-state index in [0.29, 0.717) is 6.42 Å². The third kappa shape index (κ3) is 5.31. The van der Waals surface area contributed by atoms with Gasteiger partial charge < -0.3 is 9.84 Å². The Hall–Kier alpha value is -0.830. The predicted octanol–water partition coefficient (Wildman–Crippen LogP) is 2.58. The molecule has 16 heavy (non-hydrogen) atoms. The van der Waals surface area contributed by atoms with Gasteiger partial charge in [-0.1, -0.05) is 24.5 Å². The molecule has 0 aliphatic heterocycles. The monoisotopic (exact) mass is 226 g/mol. The SMILES string of the molecule is COC(=O)CCCCCCC1=C[C@H](O)CC1. The highest BCUT2D eigenvalue weighted by atomic mass is 16.5. The average Bonchev–Trinajstić information content (AvgIpc) is 2.69. The molecule has 0 fully saturated rings. The number of allylic oxidation sites excluding steroid dienone is 1. The standard InChI is InChI=1S/C13H22O3/c1-16-13(15)7-5-3-2-4-6-11-8-9-12(14)10-11/h10,12,14H,2-9H2,1H3/t12-/m1/s1. The number of aliphatic hydroxyl groups is 1. The molecule has 0 saturated heterocycles. The van der Waals surface area contributed by atoms with Crippen molar-refractivity contribution in [1.82, 2.24) is 0 Å². The van der Waals surface area contributed by atoms with Gasteiger partial charge in [0.1, 0.15) is 0 Å². The minimum atomic E-state index is -0.200. The second kappa shape index (κ2) is 7.44. The summed E-state index contributed by atoms with van der Waals surface area (Å²) >= 11 is 0. The van der Waals surface area contributed by atoms with Crippen LogP contribution in [0.15, 0.2) is 11.6 Å². The molecule has 1 atom stereocenters. The Balaban J connectivity index is 1.92. The summed E-state index contributed by atoms with van der Waals surface area (Å²) in [5.41, 5.74) is 1.40. The second-order valence-electron chi connectivity index (χ2n) is 4.42. The average molecular weight is 226 g/mol. The largest absolute Gasteiger partial charge is 0.469 e. The normalized spacial score (nSPS) is 19.6. The van der Waals surface area contributed by atoms with Crippen LogP contribution in [-0.4, -0.2) is 24.3 Å². The highest BCUT2D eigenvalue weighted by Crippen LogP contribution is 2.23. The summed E-state index contributed by atoms with van der Waals surface area (Å²) in [6.45, 7) is 0. The van der Waals surface area contributed by atoms with Crippen molar-refractivity contribution in [2.45, 2.75) is 57.5 Å². The topological polar surface area (TPSA) is 46.5 Å². The molecule has 3 heteroatoms. The third-order valence-corrected chi connectivity index (χ3v) is 3.05. The molecule has 0 unspecified atom stereocenters. The molecule has 92 valence electrons. The van der Waals surface area contributed by atoms with Crippen molar-refractivity contribution in [3.05, 3.63) is 11.6 Å². The zero-order chi connectivity index (χ0) is 11.8. The molecule has 1 rings (SSSR count). The van der Waals surface area contributed by atoms with E-state index in [-0.39, 0.29) is 12.1 Å². The van der Waals surface area contributed by atoms with E-state index in [4.69, 9.17) is 0 Å². The van der Waals surface area contributed by atoms with E-state index in [1.54, 1.807) is 0 Å². The van der Waals surface area contributed by atoms with Gasteiger partial charge in [0.05, 0.1) is 13.2 Å². The van der Waals surface area contributed by atoms with Gasteiger partial charge in [-0.2, -0.15) is 0 Å². The molecule has 0 radical (unpaired) electrons. The van der Waals surface area contributed by atoms with Crippen LogP contribution in [0.4, 0.5) is 0 Å². The van der Waals surface area contributed by atoms with Crippen LogP contribution in [0.25, 0.3) is 0 Å². The van der Waals surface area contributed by atoms with E-state index >= 15 is 0 Å². The number of ether oxygens (including phenoxy) is 1. The van der Waals surface area contributed by atoms with Gasteiger partial charge in [-0.3, -0.25) is 4.79 Å². The second-order valence-corrected chi connectivity index (χ2v) is 4.42. The molecule has 0 aromatic heterocycles. The molecule has 1 aliphatic rings. The van der Waals surface area contributed by atoms with Crippen LogP contribution in [-0.2, 0) is 9.53 Å². The molecule has 0 aromatic rings. The zero-order valence-electron chi connectivity index (χ0n) is 10.1. The first-order valence-corrected chi connectivity index (χ1v) is 6.17. The van der Waals surface area contributed by atoms with Crippen LogP contribution in [0.5, 0.6) is 0 Å². The highest BCUT2D eigenvalue weighted by molar-refractivity contribution is 5.68. The number of hydrogen-bond donors (Lipinski definition) is 1. The van der Waals surface area contributed by atoms with Gasteiger partial charge in [-0.15, -0.1) is 0 Å². The van der Waals surface area contributed by atoms with Gasteiger partial charge in [0.25, 0.3) is 0 Å². The number of carbonyl (C=O) groups excluding carboxylic acids is 1. The Bertz CT molecular complexity index is 246. The van der Waals surface area contributed by atoms with Crippen molar-refractivity contribution in [2.75, 3.05) is 7.11 Å². The van der Waals surface area contributed by atoms with Crippen molar-refractivity contribution in [3.63, 3.8) is 0 Å². The van der Waals surface area contributed by atoms with Crippen molar-refractivity contribution < 1.29 is 14.6 Å². The number of unbranched alkanes of at least 4 members (excludes halogenated alkanes) is 3. The van der Waals surface area contributed by atoms with Gasteiger partial charge in [-0.05, 0) is 32.1 Å². The van der Waals surface area contributed by atoms with Crippen molar-refractivity contribution >= 4 is 5.97 Å². The van der Waals surface area contributed by atoms with Gasteiger partial charge in [0, 0.05) is 6.42 Å². The van der Waals surface area contributed by atoms with E-state index in [0.717, 1.165) is 38.5 Å². The van der Waals surface area contributed by atoms with Crippen molar-refractivity contribution in [2.24, 2.45) is 0 Å².